The predicted molar refractivity (Wildman–Crippen MR) is 102 cm³/mol. The predicted octanol–water partition coefficient (Wildman–Crippen LogP) is 4.59. The average molecular weight is 359 g/mol. The monoisotopic (exact) mass is 358 g/mol. The van der Waals surface area contributed by atoms with E-state index in [9.17, 15) is 4.79 Å². The quantitative estimate of drug-likeness (QED) is 0.737. The largest absolute Gasteiger partial charge is 0.378 e. The minimum atomic E-state index is -0.0325. The van der Waals surface area contributed by atoms with Crippen molar-refractivity contribution in [1.82, 2.24) is 10.3 Å². The molecule has 1 amide bonds. The summed E-state index contributed by atoms with van der Waals surface area (Å²) in [6.07, 6.45) is 7.58. The molecule has 1 aliphatic rings. The van der Waals surface area contributed by atoms with Crippen LogP contribution in [0.4, 0.5) is 0 Å². The van der Waals surface area contributed by atoms with Gasteiger partial charge in [0.15, 0.2) is 0 Å². The molecule has 1 N–H and O–H groups in total. The lowest BCUT2D eigenvalue weighted by Gasteiger charge is -2.21. The zero-order chi connectivity index (χ0) is 17.5. The summed E-state index contributed by atoms with van der Waals surface area (Å²) in [5, 5.41) is 3.89. The van der Waals surface area contributed by atoms with Crippen molar-refractivity contribution >= 4 is 17.2 Å². The molecule has 0 spiro atoms. The number of carbonyl (C=O) groups is 1. The molecule has 0 radical (unpaired) electrons. The molecular weight excluding hydrogens is 332 g/mol. The maximum Gasteiger partial charge on any atom is 0.263 e. The van der Waals surface area contributed by atoms with E-state index in [2.05, 4.69) is 10.3 Å². The van der Waals surface area contributed by atoms with Gasteiger partial charge in [-0.15, -0.1) is 11.3 Å². The lowest BCUT2D eigenvalue weighted by atomic mass is 9.98. The maximum absolute atomic E-state index is 12.4. The van der Waals surface area contributed by atoms with E-state index in [4.69, 9.17) is 4.74 Å². The van der Waals surface area contributed by atoms with Gasteiger partial charge in [0, 0.05) is 18.7 Å². The van der Waals surface area contributed by atoms with Gasteiger partial charge in [0.05, 0.1) is 11.8 Å². The standard InChI is InChI=1S/C20H26N2O2S/c1-15-18(25-20(22-15)16-9-4-2-5-10-16)19(23)21-13-8-14-24-17-11-6-3-7-12-17/h2,4-5,9-10,17H,3,6-8,11-14H2,1H3,(H,21,23). The Balaban J connectivity index is 1.44. The van der Waals surface area contributed by atoms with E-state index in [1.165, 1.54) is 43.4 Å². The van der Waals surface area contributed by atoms with Crippen LogP contribution in [0, 0.1) is 6.92 Å². The molecule has 0 atom stereocenters. The minimum absolute atomic E-state index is 0.0325. The molecule has 1 saturated carbocycles. The van der Waals surface area contributed by atoms with E-state index in [1.54, 1.807) is 0 Å². The zero-order valence-electron chi connectivity index (χ0n) is 14.8. The Kier molecular flexibility index (Phi) is 6.59. The van der Waals surface area contributed by atoms with Crippen molar-refractivity contribution in [3.8, 4) is 10.6 Å². The van der Waals surface area contributed by atoms with Gasteiger partial charge in [0.2, 0.25) is 0 Å². The molecule has 5 heteroatoms. The first-order chi connectivity index (χ1) is 12.2. The number of aryl methyl sites for hydroxylation is 1. The van der Waals surface area contributed by atoms with Gasteiger partial charge < -0.3 is 10.1 Å². The summed E-state index contributed by atoms with van der Waals surface area (Å²) in [5.41, 5.74) is 1.84. The highest BCUT2D eigenvalue weighted by Gasteiger charge is 2.16. The molecule has 25 heavy (non-hydrogen) atoms. The van der Waals surface area contributed by atoms with E-state index in [1.807, 2.05) is 37.3 Å². The van der Waals surface area contributed by atoms with Crippen LogP contribution in [0.5, 0.6) is 0 Å². The molecule has 2 aromatic rings. The van der Waals surface area contributed by atoms with Crippen molar-refractivity contribution in [3.05, 3.63) is 40.9 Å². The van der Waals surface area contributed by atoms with Crippen molar-refractivity contribution in [1.29, 1.82) is 0 Å². The van der Waals surface area contributed by atoms with Gasteiger partial charge in [0.25, 0.3) is 5.91 Å². The summed E-state index contributed by atoms with van der Waals surface area (Å²) in [5.74, 6) is -0.0325. The van der Waals surface area contributed by atoms with Gasteiger partial charge in [-0.3, -0.25) is 4.79 Å². The maximum atomic E-state index is 12.4. The Morgan fingerprint density at radius 3 is 2.76 bits per heavy atom. The fourth-order valence-corrected chi connectivity index (χ4v) is 4.14. The van der Waals surface area contributed by atoms with Crippen LogP contribution >= 0.6 is 11.3 Å². The van der Waals surface area contributed by atoms with Crippen LogP contribution < -0.4 is 5.32 Å². The van der Waals surface area contributed by atoms with Crippen molar-refractivity contribution in [3.63, 3.8) is 0 Å². The van der Waals surface area contributed by atoms with E-state index in [-0.39, 0.29) is 5.91 Å². The number of nitrogens with zero attached hydrogens (tertiary/aromatic N) is 1. The van der Waals surface area contributed by atoms with Crippen molar-refractivity contribution < 1.29 is 9.53 Å². The first-order valence-corrected chi connectivity index (χ1v) is 9.98. The lowest BCUT2D eigenvalue weighted by molar-refractivity contribution is 0.0273. The molecule has 1 aliphatic carbocycles. The van der Waals surface area contributed by atoms with Crippen LogP contribution in [0.2, 0.25) is 0 Å². The molecular formula is C20H26N2O2S. The molecule has 0 bridgehead atoms. The number of rotatable bonds is 7. The Morgan fingerprint density at radius 2 is 2.00 bits per heavy atom. The summed E-state index contributed by atoms with van der Waals surface area (Å²) < 4.78 is 5.90. The molecule has 0 aliphatic heterocycles. The van der Waals surface area contributed by atoms with Gasteiger partial charge in [-0.05, 0) is 26.2 Å². The highest BCUT2D eigenvalue weighted by molar-refractivity contribution is 7.17. The van der Waals surface area contributed by atoms with Crippen LogP contribution in [0.25, 0.3) is 10.6 Å². The third-order valence-corrected chi connectivity index (χ3v) is 5.74. The fourth-order valence-electron chi connectivity index (χ4n) is 3.15. The first-order valence-electron chi connectivity index (χ1n) is 9.16. The Labute approximate surface area is 153 Å². The summed E-state index contributed by atoms with van der Waals surface area (Å²) in [6.45, 7) is 3.26. The number of ether oxygens (including phenoxy) is 1. The Morgan fingerprint density at radius 1 is 1.24 bits per heavy atom. The van der Waals surface area contributed by atoms with Gasteiger partial charge in [0.1, 0.15) is 9.88 Å². The second-order valence-corrected chi connectivity index (χ2v) is 7.54. The van der Waals surface area contributed by atoms with E-state index < -0.39 is 0 Å². The van der Waals surface area contributed by atoms with Crippen molar-refractivity contribution in [2.24, 2.45) is 0 Å². The normalized spacial score (nSPS) is 15.2. The number of carbonyl (C=O) groups excluding carboxylic acids is 1. The van der Waals surface area contributed by atoms with Gasteiger partial charge in [-0.25, -0.2) is 4.98 Å². The van der Waals surface area contributed by atoms with E-state index in [0.717, 1.165) is 29.3 Å². The zero-order valence-corrected chi connectivity index (χ0v) is 15.6. The van der Waals surface area contributed by atoms with Crippen LogP contribution in [-0.2, 0) is 4.74 Å². The molecule has 1 aromatic carbocycles. The number of benzene rings is 1. The summed E-state index contributed by atoms with van der Waals surface area (Å²) >= 11 is 1.45. The molecule has 0 saturated heterocycles. The highest BCUT2D eigenvalue weighted by Crippen LogP contribution is 2.27. The average Bonchev–Trinajstić information content (AvgIpc) is 3.05. The third kappa shape index (κ3) is 5.13. The van der Waals surface area contributed by atoms with Gasteiger partial charge >= 0.3 is 0 Å². The van der Waals surface area contributed by atoms with E-state index in [0.29, 0.717) is 17.5 Å². The third-order valence-electron chi connectivity index (χ3n) is 4.54. The van der Waals surface area contributed by atoms with Crippen molar-refractivity contribution in [2.45, 2.75) is 51.6 Å². The first kappa shape index (κ1) is 18.1. The molecule has 3 rings (SSSR count). The van der Waals surface area contributed by atoms with Crippen LogP contribution in [-0.4, -0.2) is 30.1 Å². The second kappa shape index (κ2) is 9.11. The molecule has 4 nitrogen and oxygen atoms in total. The summed E-state index contributed by atoms with van der Waals surface area (Å²) in [4.78, 5) is 17.6. The molecule has 134 valence electrons. The lowest BCUT2D eigenvalue weighted by Crippen LogP contribution is -2.26. The molecule has 1 fully saturated rings. The van der Waals surface area contributed by atoms with E-state index >= 15 is 0 Å². The number of nitrogens with one attached hydrogen (secondary N) is 1. The number of hydrogen-bond donors (Lipinski definition) is 1. The summed E-state index contributed by atoms with van der Waals surface area (Å²) in [6, 6.07) is 9.98. The molecule has 0 unspecified atom stereocenters. The van der Waals surface area contributed by atoms with Gasteiger partial charge in [-0.1, -0.05) is 49.6 Å². The fraction of sp³-hybridized carbons (Fsp3) is 0.500. The number of thiazole rings is 1. The highest BCUT2D eigenvalue weighted by atomic mass is 32.1. The van der Waals surface area contributed by atoms with Crippen LogP contribution in [0.3, 0.4) is 0 Å². The number of hydrogen-bond acceptors (Lipinski definition) is 4. The molecule has 1 heterocycles. The Hall–Kier alpha value is -1.72. The smallest absolute Gasteiger partial charge is 0.263 e. The summed E-state index contributed by atoms with van der Waals surface area (Å²) in [7, 11) is 0. The SMILES string of the molecule is Cc1nc(-c2ccccc2)sc1C(=O)NCCCOC1CCCCC1. The molecule has 1 aromatic heterocycles. The topological polar surface area (TPSA) is 51.2 Å². The minimum Gasteiger partial charge on any atom is -0.378 e. The van der Waals surface area contributed by atoms with Crippen LogP contribution in [0.1, 0.15) is 53.9 Å². The van der Waals surface area contributed by atoms with Crippen LogP contribution in [0.15, 0.2) is 30.3 Å². The van der Waals surface area contributed by atoms with Crippen molar-refractivity contribution in [2.75, 3.05) is 13.2 Å². The number of amides is 1. The van der Waals surface area contributed by atoms with Gasteiger partial charge in [-0.2, -0.15) is 0 Å². The number of aromatic nitrogens is 1. The Bertz CT molecular complexity index is 678. The second-order valence-electron chi connectivity index (χ2n) is 6.54.